The van der Waals surface area contributed by atoms with Gasteiger partial charge in [0.15, 0.2) is 0 Å². The third-order valence-electron chi connectivity index (χ3n) is 4.95. The largest absolute Gasteiger partial charge is 0.473 e. The number of halogens is 1. The molecule has 0 aliphatic carbocycles. The monoisotopic (exact) mass is 432 g/mol. The number of aliphatic carboxylic acids is 2. The standard InChI is InChI=1S/C20H23FN2O2.C2H2O4/c1-25-19(24)20(22-18-9-7-17(21)8-10-18)11-13-23(14-12-20)15-16-5-3-2-4-6-16;3-1(4)2(5)6/h2-10,22H,11-15H2,1H3;(H,3,4)(H,5,6). The molecule has 2 aromatic carbocycles. The highest BCUT2D eigenvalue weighted by Gasteiger charge is 2.42. The van der Waals surface area contributed by atoms with Crippen LogP contribution in [0.2, 0.25) is 0 Å². The van der Waals surface area contributed by atoms with Gasteiger partial charge < -0.3 is 20.3 Å². The number of hydrogen-bond donors (Lipinski definition) is 3. The second-order valence-electron chi connectivity index (χ2n) is 7.08. The molecule has 0 amide bonds. The van der Waals surface area contributed by atoms with E-state index < -0.39 is 17.5 Å². The number of ether oxygens (including phenoxy) is 1. The molecular weight excluding hydrogens is 407 g/mol. The van der Waals surface area contributed by atoms with Gasteiger partial charge in [0.2, 0.25) is 0 Å². The van der Waals surface area contributed by atoms with Crippen LogP contribution in [-0.2, 0) is 25.7 Å². The van der Waals surface area contributed by atoms with Gasteiger partial charge in [-0.05, 0) is 42.7 Å². The number of carbonyl (C=O) groups excluding carboxylic acids is 1. The summed E-state index contributed by atoms with van der Waals surface area (Å²) in [6.45, 7) is 2.45. The molecule has 1 fully saturated rings. The molecule has 1 heterocycles. The first-order valence-corrected chi connectivity index (χ1v) is 9.60. The lowest BCUT2D eigenvalue weighted by atomic mass is 9.86. The van der Waals surface area contributed by atoms with Crippen molar-refractivity contribution in [3.63, 3.8) is 0 Å². The summed E-state index contributed by atoms with van der Waals surface area (Å²) in [6.07, 6.45) is 1.29. The van der Waals surface area contributed by atoms with Crippen LogP contribution >= 0.6 is 0 Å². The van der Waals surface area contributed by atoms with Crippen molar-refractivity contribution in [1.82, 2.24) is 4.90 Å². The summed E-state index contributed by atoms with van der Waals surface area (Å²) < 4.78 is 18.2. The van der Waals surface area contributed by atoms with Crippen molar-refractivity contribution < 1.29 is 33.7 Å². The minimum atomic E-state index is -1.82. The van der Waals surface area contributed by atoms with E-state index in [1.807, 2.05) is 18.2 Å². The zero-order valence-corrected chi connectivity index (χ0v) is 17.1. The zero-order valence-electron chi connectivity index (χ0n) is 17.1. The average Bonchev–Trinajstić information content (AvgIpc) is 2.77. The van der Waals surface area contributed by atoms with Gasteiger partial charge >= 0.3 is 17.9 Å². The molecule has 8 nitrogen and oxygen atoms in total. The van der Waals surface area contributed by atoms with Gasteiger partial charge in [0.1, 0.15) is 11.4 Å². The number of hydrogen-bond acceptors (Lipinski definition) is 6. The van der Waals surface area contributed by atoms with E-state index in [4.69, 9.17) is 24.5 Å². The molecule has 0 radical (unpaired) electrons. The molecule has 0 saturated carbocycles. The number of piperidine rings is 1. The van der Waals surface area contributed by atoms with E-state index >= 15 is 0 Å². The second-order valence-corrected chi connectivity index (χ2v) is 7.08. The second kappa shape index (κ2) is 11.1. The Morgan fingerprint density at radius 3 is 2.03 bits per heavy atom. The van der Waals surface area contributed by atoms with E-state index in [1.54, 1.807) is 12.1 Å². The highest BCUT2D eigenvalue weighted by Crippen LogP contribution is 2.29. The highest BCUT2D eigenvalue weighted by molar-refractivity contribution is 6.27. The van der Waals surface area contributed by atoms with Crippen LogP contribution in [0, 0.1) is 5.82 Å². The lowest BCUT2D eigenvalue weighted by Crippen LogP contribution is -2.54. The topological polar surface area (TPSA) is 116 Å². The third kappa shape index (κ3) is 7.07. The highest BCUT2D eigenvalue weighted by atomic mass is 19.1. The van der Waals surface area contributed by atoms with E-state index in [1.165, 1.54) is 24.8 Å². The first-order chi connectivity index (χ1) is 14.8. The Morgan fingerprint density at radius 1 is 1.00 bits per heavy atom. The van der Waals surface area contributed by atoms with Crippen molar-refractivity contribution in [3.05, 3.63) is 66.0 Å². The predicted octanol–water partition coefficient (Wildman–Crippen LogP) is 2.60. The number of anilines is 1. The fourth-order valence-electron chi connectivity index (χ4n) is 3.32. The number of carbonyl (C=O) groups is 3. The van der Waals surface area contributed by atoms with Crippen molar-refractivity contribution >= 4 is 23.6 Å². The summed E-state index contributed by atoms with van der Waals surface area (Å²) in [5.41, 5.74) is 1.22. The summed E-state index contributed by atoms with van der Waals surface area (Å²) in [4.78, 5) is 33.0. The molecule has 0 atom stereocenters. The normalized spacial score (nSPS) is 15.2. The number of carboxylic acids is 2. The fourth-order valence-corrected chi connectivity index (χ4v) is 3.32. The number of rotatable bonds is 5. The zero-order chi connectivity index (χ0) is 22.9. The Hall–Kier alpha value is -3.46. The number of nitrogens with one attached hydrogen (secondary N) is 1. The van der Waals surface area contributed by atoms with E-state index in [-0.39, 0.29) is 11.8 Å². The van der Waals surface area contributed by atoms with Gasteiger partial charge in [-0.25, -0.2) is 18.8 Å². The Labute approximate surface area is 179 Å². The quantitative estimate of drug-likeness (QED) is 0.488. The predicted molar refractivity (Wildman–Crippen MR) is 111 cm³/mol. The van der Waals surface area contributed by atoms with Gasteiger partial charge in [-0.15, -0.1) is 0 Å². The SMILES string of the molecule is COC(=O)C1(Nc2ccc(F)cc2)CCN(Cc2ccccc2)CC1.O=C(O)C(=O)O. The maximum Gasteiger partial charge on any atom is 0.414 e. The minimum absolute atomic E-state index is 0.267. The van der Waals surface area contributed by atoms with Crippen LogP contribution in [0.3, 0.4) is 0 Å². The van der Waals surface area contributed by atoms with E-state index in [9.17, 15) is 9.18 Å². The molecule has 0 unspecified atom stereocenters. The maximum atomic E-state index is 13.1. The van der Waals surface area contributed by atoms with Crippen LogP contribution in [-0.4, -0.2) is 58.8 Å². The van der Waals surface area contributed by atoms with Crippen LogP contribution < -0.4 is 5.32 Å². The van der Waals surface area contributed by atoms with Gasteiger partial charge in [0.25, 0.3) is 0 Å². The van der Waals surface area contributed by atoms with Crippen molar-refractivity contribution in [2.24, 2.45) is 0 Å². The third-order valence-corrected chi connectivity index (χ3v) is 4.95. The molecule has 31 heavy (non-hydrogen) atoms. The van der Waals surface area contributed by atoms with Crippen molar-refractivity contribution in [1.29, 1.82) is 0 Å². The number of likely N-dealkylation sites (tertiary alicyclic amines) is 1. The number of benzene rings is 2. The summed E-state index contributed by atoms with van der Waals surface area (Å²) >= 11 is 0. The summed E-state index contributed by atoms with van der Waals surface area (Å²) in [5.74, 6) is -4.21. The summed E-state index contributed by atoms with van der Waals surface area (Å²) in [7, 11) is 1.41. The molecule has 3 rings (SSSR count). The van der Waals surface area contributed by atoms with E-state index in [0.29, 0.717) is 12.8 Å². The number of methoxy groups -OCH3 is 1. The first-order valence-electron chi connectivity index (χ1n) is 9.60. The van der Waals surface area contributed by atoms with Crippen molar-refractivity contribution in [2.75, 3.05) is 25.5 Å². The Balaban J connectivity index is 0.000000501. The summed E-state index contributed by atoms with van der Waals surface area (Å²) in [6, 6.07) is 16.4. The lowest BCUT2D eigenvalue weighted by molar-refractivity contribution is -0.159. The molecule has 9 heteroatoms. The molecule has 0 spiro atoms. The number of esters is 1. The van der Waals surface area contributed by atoms with Gasteiger partial charge in [-0.3, -0.25) is 4.90 Å². The Morgan fingerprint density at radius 2 is 1.55 bits per heavy atom. The van der Waals surface area contributed by atoms with Crippen molar-refractivity contribution in [3.8, 4) is 0 Å². The van der Waals surface area contributed by atoms with Crippen LogP contribution in [0.5, 0.6) is 0 Å². The Bertz CT molecular complexity index is 869. The minimum Gasteiger partial charge on any atom is -0.473 e. The number of carboxylic acid groups (broad SMARTS) is 2. The van der Waals surface area contributed by atoms with Crippen molar-refractivity contribution in [2.45, 2.75) is 24.9 Å². The van der Waals surface area contributed by atoms with Crippen LogP contribution in [0.15, 0.2) is 54.6 Å². The van der Waals surface area contributed by atoms with Crippen LogP contribution in [0.1, 0.15) is 18.4 Å². The molecule has 166 valence electrons. The molecule has 0 aromatic heterocycles. The Kier molecular flexibility index (Phi) is 8.51. The molecular formula is C22H25FN2O6. The van der Waals surface area contributed by atoms with E-state index in [0.717, 1.165) is 25.3 Å². The van der Waals surface area contributed by atoms with Gasteiger partial charge in [-0.1, -0.05) is 30.3 Å². The maximum absolute atomic E-state index is 13.1. The molecule has 2 aromatic rings. The molecule has 3 N–H and O–H groups in total. The van der Waals surface area contributed by atoms with Gasteiger partial charge in [0, 0.05) is 25.3 Å². The summed E-state index contributed by atoms with van der Waals surface area (Å²) in [5, 5.41) is 18.1. The molecule has 1 aliphatic rings. The smallest absolute Gasteiger partial charge is 0.414 e. The number of nitrogens with zero attached hydrogens (tertiary/aromatic N) is 1. The van der Waals surface area contributed by atoms with Gasteiger partial charge in [0.05, 0.1) is 7.11 Å². The van der Waals surface area contributed by atoms with Crippen LogP contribution in [0.25, 0.3) is 0 Å². The van der Waals surface area contributed by atoms with E-state index in [2.05, 4.69) is 22.3 Å². The molecule has 1 saturated heterocycles. The van der Waals surface area contributed by atoms with Crippen LogP contribution in [0.4, 0.5) is 10.1 Å². The fraction of sp³-hybridized carbons (Fsp3) is 0.318. The average molecular weight is 432 g/mol. The molecule has 1 aliphatic heterocycles. The van der Waals surface area contributed by atoms with Gasteiger partial charge in [-0.2, -0.15) is 0 Å². The first kappa shape index (κ1) is 23.8. The lowest BCUT2D eigenvalue weighted by Gasteiger charge is -2.40. The molecule has 0 bridgehead atoms.